The summed E-state index contributed by atoms with van der Waals surface area (Å²) in [6, 6.07) is 6.91. The zero-order valence-electron chi connectivity index (χ0n) is 13.5. The molecule has 1 aliphatic heterocycles. The highest BCUT2D eigenvalue weighted by Crippen LogP contribution is 2.32. The van der Waals surface area contributed by atoms with Gasteiger partial charge >= 0.3 is 0 Å². The average molecular weight is 275 g/mol. The minimum absolute atomic E-state index is 0.287. The van der Waals surface area contributed by atoms with Gasteiger partial charge in [-0.2, -0.15) is 0 Å². The molecule has 0 saturated carbocycles. The maximum atomic E-state index is 5.71. The molecular weight excluding hydrogens is 246 g/mol. The molecule has 1 aromatic rings. The van der Waals surface area contributed by atoms with Crippen LogP contribution in [0.2, 0.25) is 0 Å². The van der Waals surface area contributed by atoms with Crippen molar-refractivity contribution in [2.45, 2.75) is 40.5 Å². The molecule has 0 radical (unpaired) electrons. The van der Waals surface area contributed by atoms with Crippen molar-refractivity contribution in [3.63, 3.8) is 0 Å². The van der Waals surface area contributed by atoms with Gasteiger partial charge in [-0.05, 0) is 44.7 Å². The van der Waals surface area contributed by atoms with E-state index in [2.05, 4.69) is 51.2 Å². The molecule has 1 aromatic carbocycles. The van der Waals surface area contributed by atoms with Gasteiger partial charge < -0.3 is 10.1 Å². The summed E-state index contributed by atoms with van der Waals surface area (Å²) >= 11 is 0. The van der Waals surface area contributed by atoms with Crippen molar-refractivity contribution in [3.8, 4) is 0 Å². The summed E-state index contributed by atoms with van der Waals surface area (Å²) in [6.45, 7) is 12.9. The molecule has 2 rings (SSSR count). The number of hydrogen-bond donors (Lipinski definition) is 1. The Labute approximate surface area is 123 Å². The summed E-state index contributed by atoms with van der Waals surface area (Å²) in [7, 11) is 0. The van der Waals surface area contributed by atoms with Gasteiger partial charge in [-0.3, -0.25) is 0 Å². The predicted molar refractivity (Wildman–Crippen MR) is 85.2 cm³/mol. The number of rotatable bonds is 6. The second kappa shape index (κ2) is 6.73. The quantitative estimate of drug-likeness (QED) is 0.858. The average Bonchev–Trinajstić information content (AvgIpc) is 2.75. The van der Waals surface area contributed by atoms with Gasteiger partial charge in [0.05, 0.1) is 6.61 Å². The Kier molecular flexibility index (Phi) is 5.22. The van der Waals surface area contributed by atoms with Crippen LogP contribution < -0.4 is 5.32 Å². The molecule has 2 nitrogen and oxygen atoms in total. The molecule has 112 valence electrons. The molecule has 0 bridgehead atoms. The Morgan fingerprint density at radius 2 is 1.90 bits per heavy atom. The third kappa shape index (κ3) is 4.32. The smallest absolute Gasteiger partial charge is 0.0538 e. The minimum atomic E-state index is 0.287. The van der Waals surface area contributed by atoms with Crippen LogP contribution in [-0.2, 0) is 11.2 Å². The van der Waals surface area contributed by atoms with E-state index in [1.807, 2.05) is 0 Å². The fourth-order valence-electron chi connectivity index (χ4n) is 3.22. The molecule has 1 heterocycles. The van der Waals surface area contributed by atoms with Crippen molar-refractivity contribution < 1.29 is 4.74 Å². The Morgan fingerprint density at radius 1 is 1.20 bits per heavy atom. The third-order valence-electron chi connectivity index (χ3n) is 4.10. The zero-order valence-corrected chi connectivity index (χ0v) is 13.5. The Bertz CT molecular complexity index is 413. The van der Waals surface area contributed by atoms with Crippen LogP contribution in [0, 0.1) is 25.2 Å². The van der Waals surface area contributed by atoms with Crippen LogP contribution in [0.25, 0.3) is 0 Å². The SMILES string of the molecule is Cc1cc(C)cc(CC2(CNCC(C)C)CCOC2)c1. The summed E-state index contributed by atoms with van der Waals surface area (Å²) in [5.41, 5.74) is 4.47. The van der Waals surface area contributed by atoms with E-state index >= 15 is 0 Å². The van der Waals surface area contributed by atoms with Gasteiger partial charge in [0, 0.05) is 18.6 Å². The van der Waals surface area contributed by atoms with Crippen LogP contribution in [0.4, 0.5) is 0 Å². The summed E-state index contributed by atoms with van der Waals surface area (Å²) in [4.78, 5) is 0. The van der Waals surface area contributed by atoms with E-state index in [1.54, 1.807) is 0 Å². The molecule has 2 heteroatoms. The molecule has 1 atom stereocenters. The molecule has 0 aromatic heterocycles. The van der Waals surface area contributed by atoms with Crippen LogP contribution in [0.5, 0.6) is 0 Å². The number of benzene rings is 1. The van der Waals surface area contributed by atoms with Crippen LogP contribution in [0.3, 0.4) is 0 Å². The molecule has 0 aliphatic carbocycles. The van der Waals surface area contributed by atoms with E-state index in [4.69, 9.17) is 4.74 Å². The minimum Gasteiger partial charge on any atom is -0.381 e. The van der Waals surface area contributed by atoms with Gasteiger partial charge in [-0.15, -0.1) is 0 Å². The Balaban J connectivity index is 2.04. The number of nitrogens with one attached hydrogen (secondary N) is 1. The van der Waals surface area contributed by atoms with Gasteiger partial charge in [0.1, 0.15) is 0 Å². The maximum absolute atomic E-state index is 5.71. The summed E-state index contributed by atoms with van der Waals surface area (Å²) in [5, 5.41) is 3.64. The van der Waals surface area contributed by atoms with Crippen LogP contribution in [0.15, 0.2) is 18.2 Å². The second-order valence-corrected chi connectivity index (χ2v) is 7.00. The highest BCUT2D eigenvalue weighted by molar-refractivity contribution is 5.29. The van der Waals surface area contributed by atoms with Gasteiger partial charge in [0.2, 0.25) is 0 Å². The fraction of sp³-hybridized carbons (Fsp3) is 0.667. The van der Waals surface area contributed by atoms with Crippen LogP contribution >= 0.6 is 0 Å². The Morgan fingerprint density at radius 3 is 2.45 bits per heavy atom. The van der Waals surface area contributed by atoms with Gasteiger partial charge in [-0.25, -0.2) is 0 Å². The van der Waals surface area contributed by atoms with Crippen molar-refractivity contribution in [2.75, 3.05) is 26.3 Å². The van der Waals surface area contributed by atoms with Gasteiger partial charge in [0.15, 0.2) is 0 Å². The first-order valence-electron chi connectivity index (χ1n) is 7.85. The van der Waals surface area contributed by atoms with Crippen molar-refractivity contribution in [1.82, 2.24) is 5.32 Å². The van der Waals surface area contributed by atoms with E-state index in [0.717, 1.165) is 32.7 Å². The van der Waals surface area contributed by atoms with E-state index in [1.165, 1.54) is 23.1 Å². The lowest BCUT2D eigenvalue weighted by atomic mass is 9.80. The summed E-state index contributed by atoms with van der Waals surface area (Å²) in [5.74, 6) is 0.704. The molecular formula is C18H29NO. The Hall–Kier alpha value is -0.860. The zero-order chi connectivity index (χ0) is 14.6. The lowest BCUT2D eigenvalue weighted by Crippen LogP contribution is -2.38. The molecule has 1 saturated heterocycles. The largest absolute Gasteiger partial charge is 0.381 e. The standard InChI is InChI=1S/C18H29NO/c1-14(2)11-19-12-18(5-6-20-13-18)10-17-8-15(3)7-16(4)9-17/h7-9,14,19H,5-6,10-13H2,1-4H3. The van der Waals surface area contributed by atoms with E-state index in [9.17, 15) is 0 Å². The number of ether oxygens (including phenoxy) is 1. The van der Waals surface area contributed by atoms with Gasteiger partial charge in [0.25, 0.3) is 0 Å². The molecule has 1 unspecified atom stereocenters. The topological polar surface area (TPSA) is 21.3 Å². The van der Waals surface area contributed by atoms with E-state index in [0.29, 0.717) is 5.92 Å². The molecule has 20 heavy (non-hydrogen) atoms. The number of aryl methyl sites for hydroxylation is 2. The van der Waals surface area contributed by atoms with E-state index in [-0.39, 0.29) is 5.41 Å². The monoisotopic (exact) mass is 275 g/mol. The first kappa shape index (κ1) is 15.5. The first-order valence-corrected chi connectivity index (χ1v) is 7.85. The normalized spacial score (nSPS) is 22.6. The van der Waals surface area contributed by atoms with Crippen LogP contribution in [-0.4, -0.2) is 26.3 Å². The lowest BCUT2D eigenvalue weighted by Gasteiger charge is -2.28. The maximum Gasteiger partial charge on any atom is 0.0538 e. The fourth-order valence-corrected chi connectivity index (χ4v) is 3.22. The summed E-state index contributed by atoms with van der Waals surface area (Å²) < 4.78 is 5.71. The van der Waals surface area contributed by atoms with Crippen molar-refractivity contribution in [2.24, 2.45) is 11.3 Å². The molecule has 0 amide bonds. The second-order valence-electron chi connectivity index (χ2n) is 7.00. The van der Waals surface area contributed by atoms with Crippen molar-refractivity contribution in [3.05, 3.63) is 34.9 Å². The van der Waals surface area contributed by atoms with E-state index < -0.39 is 0 Å². The van der Waals surface area contributed by atoms with Crippen molar-refractivity contribution >= 4 is 0 Å². The highest BCUT2D eigenvalue weighted by Gasteiger charge is 2.34. The molecule has 1 N–H and O–H groups in total. The van der Waals surface area contributed by atoms with Crippen LogP contribution in [0.1, 0.15) is 37.0 Å². The van der Waals surface area contributed by atoms with Gasteiger partial charge in [-0.1, -0.05) is 43.2 Å². The molecule has 0 spiro atoms. The highest BCUT2D eigenvalue weighted by atomic mass is 16.5. The number of hydrogen-bond acceptors (Lipinski definition) is 2. The predicted octanol–water partition coefficient (Wildman–Crippen LogP) is 3.50. The van der Waals surface area contributed by atoms with Crippen molar-refractivity contribution in [1.29, 1.82) is 0 Å². The third-order valence-corrected chi connectivity index (χ3v) is 4.10. The molecule has 1 aliphatic rings. The first-order chi connectivity index (χ1) is 9.49. The summed E-state index contributed by atoms with van der Waals surface area (Å²) in [6.07, 6.45) is 2.30. The lowest BCUT2D eigenvalue weighted by molar-refractivity contribution is 0.148. The molecule has 1 fully saturated rings.